The van der Waals surface area contributed by atoms with Crippen LogP contribution in [0.1, 0.15) is 11.1 Å². The number of nitro groups is 1. The van der Waals surface area contributed by atoms with Crippen molar-refractivity contribution in [3.63, 3.8) is 0 Å². The zero-order valence-electron chi connectivity index (χ0n) is 13.3. The summed E-state index contributed by atoms with van der Waals surface area (Å²) >= 11 is 3.36. The van der Waals surface area contributed by atoms with Crippen molar-refractivity contribution >= 4 is 39.2 Å². The van der Waals surface area contributed by atoms with Crippen LogP contribution < -0.4 is 5.32 Å². The number of nitro benzene ring substituents is 1. The monoisotopic (exact) mass is 406 g/mol. The molecule has 8 heteroatoms. The van der Waals surface area contributed by atoms with E-state index in [1.165, 1.54) is 18.2 Å². The Balaban J connectivity index is 1.88. The Hall–Kier alpha value is -2.74. The standard InChI is InChI=1S/C17H15BrN2O5/c1-11-6-7-13(9-14(11)18)19-16(21)10-25-17(22)8-12-4-2-3-5-15(12)20(23)24/h2-7,9H,8,10H2,1H3,(H,19,21). The number of carbonyl (C=O) groups is 2. The number of hydrogen-bond donors (Lipinski definition) is 1. The van der Waals surface area contributed by atoms with Gasteiger partial charge in [0.1, 0.15) is 0 Å². The highest BCUT2D eigenvalue weighted by Crippen LogP contribution is 2.21. The number of ether oxygens (including phenoxy) is 1. The molecule has 0 spiro atoms. The van der Waals surface area contributed by atoms with Gasteiger partial charge in [0.25, 0.3) is 11.6 Å². The Morgan fingerprint density at radius 1 is 1.24 bits per heavy atom. The molecule has 130 valence electrons. The number of amides is 1. The third-order valence-corrected chi connectivity index (χ3v) is 4.20. The van der Waals surface area contributed by atoms with Crippen LogP contribution in [0.5, 0.6) is 0 Å². The molecule has 1 N–H and O–H groups in total. The lowest BCUT2D eigenvalue weighted by Gasteiger charge is -2.08. The van der Waals surface area contributed by atoms with Crippen molar-refractivity contribution in [1.82, 2.24) is 0 Å². The number of anilines is 1. The maximum Gasteiger partial charge on any atom is 0.311 e. The number of rotatable bonds is 6. The first-order valence-electron chi connectivity index (χ1n) is 7.30. The Labute approximate surface area is 152 Å². The normalized spacial score (nSPS) is 10.2. The van der Waals surface area contributed by atoms with Crippen molar-refractivity contribution in [2.45, 2.75) is 13.3 Å². The summed E-state index contributed by atoms with van der Waals surface area (Å²) in [5.41, 5.74) is 1.67. The maximum atomic E-state index is 11.8. The van der Waals surface area contributed by atoms with Gasteiger partial charge in [0.15, 0.2) is 6.61 Å². The summed E-state index contributed by atoms with van der Waals surface area (Å²) in [4.78, 5) is 34.0. The van der Waals surface area contributed by atoms with Crippen molar-refractivity contribution in [3.05, 3.63) is 68.2 Å². The fourth-order valence-corrected chi connectivity index (χ4v) is 2.44. The summed E-state index contributed by atoms with van der Waals surface area (Å²) in [6.07, 6.45) is -0.277. The van der Waals surface area contributed by atoms with Gasteiger partial charge in [-0.25, -0.2) is 0 Å². The second-order valence-corrected chi connectivity index (χ2v) is 6.09. The highest BCUT2D eigenvalue weighted by atomic mass is 79.9. The van der Waals surface area contributed by atoms with Gasteiger partial charge in [0.05, 0.1) is 11.3 Å². The third-order valence-electron chi connectivity index (χ3n) is 3.34. The van der Waals surface area contributed by atoms with E-state index >= 15 is 0 Å². The van der Waals surface area contributed by atoms with Gasteiger partial charge in [-0.1, -0.05) is 40.2 Å². The van der Waals surface area contributed by atoms with Gasteiger partial charge >= 0.3 is 5.97 Å². The van der Waals surface area contributed by atoms with E-state index in [1.54, 1.807) is 18.2 Å². The molecule has 7 nitrogen and oxygen atoms in total. The first kappa shape index (κ1) is 18.6. The van der Waals surface area contributed by atoms with Gasteiger partial charge in [-0.05, 0) is 24.6 Å². The molecule has 0 atom stereocenters. The van der Waals surface area contributed by atoms with Gasteiger partial charge in [-0.3, -0.25) is 19.7 Å². The van der Waals surface area contributed by atoms with Crippen LogP contribution in [0.4, 0.5) is 11.4 Å². The summed E-state index contributed by atoms with van der Waals surface area (Å²) in [7, 11) is 0. The highest BCUT2D eigenvalue weighted by molar-refractivity contribution is 9.10. The lowest BCUT2D eigenvalue weighted by molar-refractivity contribution is -0.385. The molecule has 0 fully saturated rings. The smallest absolute Gasteiger partial charge is 0.311 e. The summed E-state index contributed by atoms with van der Waals surface area (Å²) in [5.74, 6) is -1.21. The van der Waals surface area contributed by atoms with Crippen molar-refractivity contribution in [2.24, 2.45) is 0 Å². The van der Waals surface area contributed by atoms with Crippen LogP contribution in [0.15, 0.2) is 46.9 Å². The fraction of sp³-hybridized carbons (Fsp3) is 0.176. The van der Waals surface area contributed by atoms with Crippen LogP contribution in [0, 0.1) is 17.0 Å². The van der Waals surface area contributed by atoms with Crippen LogP contribution in [-0.4, -0.2) is 23.4 Å². The quantitative estimate of drug-likeness (QED) is 0.450. The summed E-state index contributed by atoms with van der Waals surface area (Å²) in [6, 6.07) is 11.2. The first-order chi connectivity index (χ1) is 11.9. The molecule has 0 aliphatic heterocycles. The number of halogens is 1. The number of para-hydroxylation sites is 1. The van der Waals surface area contributed by atoms with Crippen LogP contribution in [-0.2, 0) is 20.7 Å². The largest absolute Gasteiger partial charge is 0.455 e. The van der Waals surface area contributed by atoms with E-state index in [2.05, 4.69) is 21.2 Å². The second kappa shape index (κ2) is 8.39. The SMILES string of the molecule is Cc1ccc(NC(=O)COC(=O)Cc2ccccc2[N+](=O)[O-])cc1Br. The number of hydrogen-bond acceptors (Lipinski definition) is 5. The first-order valence-corrected chi connectivity index (χ1v) is 8.10. The predicted octanol–water partition coefficient (Wildman–Crippen LogP) is 3.39. The molecule has 0 aliphatic rings. The van der Waals surface area contributed by atoms with Crippen molar-refractivity contribution < 1.29 is 19.2 Å². The van der Waals surface area contributed by atoms with E-state index in [1.807, 2.05) is 13.0 Å². The van der Waals surface area contributed by atoms with Gasteiger partial charge in [-0.2, -0.15) is 0 Å². The molecule has 0 aromatic heterocycles. The second-order valence-electron chi connectivity index (χ2n) is 5.24. The fourth-order valence-electron chi connectivity index (χ4n) is 2.06. The number of nitrogens with zero attached hydrogens (tertiary/aromatic N) is 1. The Morgan fingerprint density at radius 3 is 2.64 bits per heavy atom. The molecule has 2 rings (SSSR count). The lowest BCUT2D eigenvalue weighted by atomic mass is 10.1. The zero-order valence-corrected chi connectivity index (χ0v) is 14.9. The molecule has 0 heterocycles. The highest BCUT2D eigenvalue weighted by Gasteiger charge is 2.17. The molecule has 25 heavy (non-hydrogen) atoms. The molecule has 2 aromatic rings. The van der Waals surface area contributed by atoms with E-state index in [0.29, 0.717) is 5.69 Å². The predicted molar refractivity (Wildman–Crippen MR) is 95.3 cm³/mol. The van der Waals surface area contributed by atoms with Crippen molar-refractivity contribution in [2.75, 3.05) is 11.9 Å². The minimum atomic E-state index is -0.713. The summed E-state index contributed by atoms with van der Waals surface area (Å²) < 4.78 is 5.73. The van der Waals surface area contributed by atoms with E-state index < -0.39 is 23.4 Å². The van der Waals surface area contributed by atoms with Crippen LogP contribution in [0.2, 0.25) is 0 Å². The van der Waals surface area contributed by atoms with Crippen LogP contribution in [0.3, 0.4) is 0 Å². The van der Waals surface area contributed by atoms with Gasteiger partial charge in [-0.15, -0.1) is 0 Å². The van der Waals surface area contributed by atoms with E-state index in [9.17, 15) is 19.7 Å². The average molecular weight is 407 g/mol. The van der Waals surface area contributed by atoms with Gasteiger partial charge < -0.3 is 10.1 Å². The number of esters is 1. The molecule has 0 radical (unpaired) electrons. The van der Waals surface area contributed by atoms with Crippen LogP contribution >= 0.6 is 15.9 Å². The summed E-state index contributed by atoms with van der Waals surface area (Å²) in [5, 5.41) is 13.5. The topological polar surface area (TPSA) is 98.5 Å². The average Bonchev–Trinajstić information content (AvgIpc) is 2.57. The van der Waals surface area contributed by atoms with E-state index in [-0.39, 0.29) is 17.7 Å². The molecule has 1 amide bonds. The van der Waals surface area contributed by atoms with Gasteiger partial charge in [0, 0.05) is 21.8 Å². The summed E-state index contributed by atoms with van der Waals surface area (Å²) in [6.45, 7) is 1.45. The number of carbonyl (C=O) groups excluding carboxylic acids is 2. The molecule has 0 aliphatic carbocycles. The van der Waals surface area contributed by atoms with Crippen molar-refractivity contribution in [3.8, 4) is 0 Å². The minimum Gasteiger partial charge on any atom is -0.455 e. The lowest BCUT2D eigenvalue weighted by Crippen LogP contribution is -2.21. The molecule has 2 aromatic carbocycles. The number of benzene rings is 2. The molecule has 0 unspecified atom stereocenters. The van der Waals surface area contributed by atoms with Crippen molar-refractivity contribution in [1.29, 1.82) is 0 Å². The molecular weight excluding hydrogens is 392 g/mol. The van der Waals surface area contributed by atoms with E-state index in [0.717, 1.165) is 10.0 Å². The number of nitrogens with one attached hydrogen (secondary N) is 1. The zero-order chi connectivity index (χ0) is 18.4. The number of aryl methyl sites for hydroxylation is 1. The molecule has 0 saturated carbocycles. The molecular formula is C17H15BrN2O5. The Kier molecular flexibility index (Phi) is 6.24. The van der Waals surface area contributed by atoms with Gasteiger partial charge in [0.2, 0.25) is 0 Å². The Bertz CT molecular complexity index is 822. The third kappa shape index (κ3) is 5.39. The minimum absolute atomic E-state index is 0.159. The molecule has 0 saturated heterocycles. The van der Waals surface area contributed by atoms with E-state index in [4.69, 9.17) is 4.74 Å². The Morgan fingerprint density at radius 2 is 1.96 bits per heavy atom. The molecule has 0 bridgehead atoms. The maximum absolute atomic E-state index is 11.8. The van der Waals surface area contributed by atoms with Crippen LogP contribution in [0.25, 0.3) is 0 Å².